The normalized spacial score (nSPS) is 11.2. The molecule has 4 aromatic carbocycles. The maximum absolute atomic E-state index is 5.88. The standard InChI is InChI=1S/C16H14O.C15H13NO/c1-17-16-8-7-13-9-14(10-15(13)11-16)12-5-3-2-4-6-12;1-17-14-10-9-13(15(16)11-14)8-7-12-5-3-2-4-6-12/h2-9,11H,10H2,1H3;2-6,9-11H,16H2,1H3. The van der Waals surface area contributed by atoms with E-state index in [1.165, 1.54) is 22.3 Å². The van der Waals surface area contributed by atoms with E-state index in [-0.39, 0.29) is 0 Å². The van der Waals surface area contributed by atoms with Gasteiger partial charge in [0.15, 0.2) is 0 Å². The molecular formula is C31H27NO2. The van der Waals surface area contributed by atoms with E-state index in [1.54, 1.807) is 20.3 Å². The molecule has 3 heteroatoms. The molecule has 0 spiro atoms. The summed E-state index contributed by atoms with van der Waals surface area (Å²) < 4.78 is 10.3. The zero-order chi connectivity index (χ0) is 23.8. The van der Waals surface area contributed by atoms with E-state index in [1.807, 2.05) is 48.5 Å². The predicted octanol–water partition coefficient (Wildman–Crippen LogP) is 6.47. The molecule has 0 aliphatic heterocycles. The van der Waals surface area contributed by atoms with Crippen LogP contribution in [0.4, 0.5) is 5.69 Å². The SMILES string of the molecule is COc1ccc(C#Cc2ccccc2)c(N)c1.COc1ccc2c(c1)CC(c1ccccc1)=C2. The Labute approximate surface area is 201 Å². The summed E-state index contributed by atoms with van der Waals surface area (Å²) in [4.78, 5) is 0. The summed E-state index contributed by atoms with van der Waals surface area (Å²) in [6.45, 7) is 0. The number of fused-ring (bicyclic) bond motifs is 1. The number of ether oxygens (including phenoxy) is 2. The molecule has 0 unspecified atom stereocenters. The highest BCUT2D eigenvalue weighted by molar-refractivity contribution is 5.88. The van der Waals surface area contributed by atoms with Gasteiger partial charge in [-0.25, -0.2) is 0 Å². The molecule has 0 saturated carbocycles. The van der Waals surface area contributed by atoms with Crippen molar-refractivity contribution in [1.82, 2.24) is 0 Å². The molecule has 3 nitrogen and oxygen atoms in total. The Morgan fingerprint density at radius 3 is 2.03 bits per heavy atom. The minimum atomic E-state index is 0.632. The highest BCUT2D eigenvalue weighted by Gasteiger charge is 2.14. The van der Waals surface area contributed by atoms with E-state index >= 15 is 0 Å². The third kappa shape index (κ3) is 5.68. The van der Waals surface area contributed by atoms with Gasteiger partial charge >= 0.3 is 0 Å². The van der Waals surface area contributed by atoms with Crippen LogP contribution in [0.3, 0.4) is 0 Å². The number of rotatable bonds is 3. The molecule has 4 aromatic rings. The molecule has 0 saturated heterocycles. The van der Waals surface area contributed by atoms with Gasteiger partial charge in [-0.2, -0.15) is 0 Å². The number of hydrogen-bond donors (Lipinski definition) is 1. The van der Waals surface area contributed by atoms with Crippen molar-refractivity contribution in [3.63, 3.8) is 0 Å². The zero-order valence-corrected chi connectivity index (χ0v) is 19.4. The molecule has 0 bridgehead atoms. The van der Waals surface area contributed by atoms with E-state index in [2.05, 4.69) is 60.4 Å². The molecule has 34 heavy (non-hydrogen) atoms. The topological polar surface area (TPSA) is 44.5 Å². The van der Waals surface area contributed by atoms with Crippen LogP contribution in [-0.2, 0) is 6.42 Å². The van der Waals surface area contributed by atoms with E-state index in [0.717, 1.165) is 29.0 Å². The summed E-state index contributed by atoms with van der Waals surface area (Å²) in [7, 11) is 3.33. The van der Waals surface area contributed by atoms with Crippen LogP contribution in [-0.4, -0.2) is 14.2 Å². The first-order valence-corrected chi connectivity index (χ1v) is 11.1. The van der Waals surface area contributed by atoms with E-state index < -0.39 is 0 Å². The molecule has 0 amide bonds. The molecule has 0 fully saturated rings. The fraction of sp³-hybridized carbons (Fsp3) is 0.0968. The molecule has 5 rings (SSSR count). The minimum Gasteiger partial charge on any atom is -0.497 e. The van der Waals surface area contributed by atoms with Crippen LogP contribution in [0, 0.1) is 11.8 Å². The molecule has 0 aromatic heterocycles. The maximum Gasteiger partial charge on any atom is 0.121 e. The van der Waals surface area contributed by atoms with Crippen molar-refractivity contribution in [2.75, 3.05) is 20.0 Å². The second-order valence-electron chi connectivity index (χ2n) is 7.85. The molecule has 0 atom stereocenters. The van der Waals surface area contributed by atoms with Crippen molar-refractivity contribution >= 4 is 17.3 Å². The van der Waals surface area contributed by atoms with Gasteiger partial charge in [-0.05, 0) is 65.1 Å². The third-order valence-electron chi connectivity index (χ3n) is 5.58. The highest BCUT2D eigenvalue weighted by atomic mass is 16.5. The third-order valence-corrected chi connectivity index (χ3v) is 5.58. The number of hydrogen-bond acceptors (Lipinski definition) is 3. The summed E-state index contributed by atoms with van der Waals surface area (Å²) in [5.74, 6) is 7.80. The lowest BCUT2D eigenvalue weighted by Crippen LogP contribution is -1.91. The van der Waals surface area contributed by atoms with Crippen LogP contribution in [0.25, 0.3) is 11.6 Å². The van der Waals surface area contributed by atoms with Crippen molar-refractivity contribution in [2.45, 2.75) is 6.42 Å². The molecular weight excluding hydrogens is 418 g/mol. The molecule has 0 heterocycles. The van der Waals surface area contributed by atoms with E-state index in [9.17, 15) is 0 Å². The minimum absolute atomic E-state index is 0.632. The van der Waals surface area contributed by atoms with E-state index in [0.29, 0.717) is 5.69 Å². The average Bonchev–Trinajstić information content (AvgIpc) is 3.33. The Kier molecular flexibility index (Phi) is 7.32. The molecule has 1 aliphatic rings. The number of anilines is 1. The number of nitrogens with two attached hydrogens (primary N) is 1. The van der Waals surface area contributed by atoms with Gasteiger partial charge in [0.2, 0.25) is 0 Å². The predicted molar refractivity (Wildman–Crippen MR) is 141 cm³/mol. The van der Waals surface area contributed by atoms with Crippen LogP contribution < -0.4 is 15.2 Å². The van der Waals surface area contributed by atoms with E-state index in [4.69, 9.17) is 15.2 Å². The first-order chi connectivity index (χ1) is 16.7. The van der Waals surface area contributed by atoms with Crippen molar-refractivity contribution in [2.24, 2.45) is 0 Å². The second-order valence-corrected chi connectivity index (χ2v) is 7.85. The molecule has 2 N–H and O–H groups in total. The van der Waals surface area contributed by atoms with Gasteiger partial charge in [-0.1, -0.05) is 72.5 Å². The van der Waals surface area contributed by atoms with Gasteiger partial charge in [-0.15, -0.1) is 0 Å². The van der Waals surface area contributed by atoms with Crippen LogP contribution >= 0.6 is 0 Å². The van der Waals surface area contributed by atoms with Gasteiger partial charge in [0.1, 0.15) is 11.5 Å². The smallest absolute Gasteiger partial charge is 0.121 e. The Morgan fingerprint density at radius 1 is 0.706 bits per heavy atom. The average molecular weight is 446 g/mol. The first kappa shape index (κ1) is 22.8. The van der Waals surface area contributed by atoms with Gasteiger partial charge in [0.25, 0.3) is 0 Å². The monoisotopic (exact) mass is 445 g/mol. The van der Waals surface area contributed by atoms with Crippen molar-refractivity contribution in [3.05, 3.63) is 125 Å². The number of benzene rings is 4. The Balaban J connectivity index is 0.000000161. The lowest BCUT2D eigenvalue weighted by Gasteiger charge is -2.03. The second kappa shape index (κ2) is 10.9. The summed E-state index contributed by atoms with van der Waals surface area (Å²) in [6.07, 6.45) is 3.26. The number of methoxy groups -OCH3 is 2. The van der Waals surface area contributed by atoms with Crippen molar-refractivity contribution in [3.8, 4) is 23.3 Å². The summed E-state index contributed by atoms with van der Waals surface area (Å²) in [5, 5.41) is 0. The fourth-order valence-electron chi connectivity index (χ4n) is 3.73. The molecule has 168 valence electrons. The van der Waals surface area contributed by atoms with Crippen LogP contribution in [0.5, 0.6) is 11.5 Å². The lowest BCUT2D eigenvalue weighted by molar-refractivity contribution is 0.414. The van der Waals surface area contributed by atoms with Crippen molar-refractivity contribution < 1.29 is 9.47 Å². The Morgan fingerprint density at radius 2 is 1.35 bits per heavy atom. The Hall–Kier alpha value is -4.42. The summed E-state index contributed by atoms with van der Waals surface area (Å²) in [6, 6.07) is 32.1. The highest BCUT2D eigenvalue weighted by Crippen LogP contribution is 2.33. The molecule has 1 aliphatic carbocycles. The van der Waals surface area contributed by atoms with Gasteiger partial charge in [-0.3, -0.25) is 0 Å². The lowest BCUT2D eigenvalue weighted by atomic mass is 10.0. The quantitative estimate of drug-likeness (QED) is 0.290. The van der Waals surface area contributed by atoms with Gasteiger partial charge < -0.3 is 15.2 Å². The fourth-order valence-corrected chi connectivity index (χ4v) is 3.73. The first-order valence-electron chi connectivity index (χ1n) is 11.1. The number of nitrogen functional groups attached to an aromatic ring is 1. The van der Waals surface area contributed by atoms with Crippen molar-refractivity contribution in [1.29, 1.82) is 0 Å². The maximum atomic E-state index is 5.88. The van der Waals surface area contributed by atoms with Gasteiger partial charge in [0, 0.05) is 17.2 Å². The summed E-state index contributed by atoms with van der Waals surface area (Å²) in [5.41, 5.74) is 13.7. The molecule has 0 radical (unpaired) electrons. The zero-order valence-electron chi connectivity index (χ0n) is 19.4. The van der Waals surface area contributed by atoms with Crippen LogP contribution in [0.1, 0.15) is 27.8 Å². The summed E-state index contributed by atoms with van der Waals surface area (Å²) >= 11 is 0. The van der Waals surface area contributed by atoms with Crippen LogP contribution in [0.2, 0.25) is 0 Å². The largest absolute Gasteiger partial charge is 0.497 e. The van der Waals surface area contributed by atoms with Crippen LogP contribution in [0.15, 0.2) is 97.1 Å². The van der Waals surface area contributed by atoms with Gasteiger partial charge in [0.05, 0.1) is 19.9 Å². The Bertz CT molecular complexity index is 1340. The number of allylic oxidation sites excluding steroid dienone is 1.